The largest absolute Gasteiger partial charge is 0.496 e. The summed E-state index contributed by atoms with van der Waals surface area (Å²) in [5.74, 6) is 1.82. The van der Waals surface area contributed by atoms with Crippen molar-refractivity contribution < 1.29 is 4.74 Å². The summed E-state index contributed by atoms with van der Waals surface area (Å²) >= 11 is 0. The third-order valence-corrected chi connectivity index (χ3v) is 3.80. The maximum atomic E-state index is 5.50. The summed E-state index contributed by atoms with van der Waals surface area (Å²) in [6.45, 7) is 6.65. The number of hydrogen-bond donors (Lipinski definition) is 1. The summed E-state index contributed by atoms with van der Waals surface area (Å²) < 4.78 is 5.50. The molecule has 94 valence electrons. The van der Waals surface area contributed by atoms with Crippen LogP contribution in [-0.4, -0.2) is 20.2 Å². The summed E-state index contributed by atoms with van der Waals surface area (Å²) in [7, 11) is 1.77. The van der Waals surface area contributed by atoms with Gasteiger partial charge >= 0.3 is 0 Å². The molecule has 1 saturated heterocycles. The summed E-state index contributed by atoms with van der Waals surface area (Å²) in [5.41, 5.74) is 4.04. The van der Waals surface area contributed by atoms with Gasteiger partial charge in [0.2, 0.25) is 0 Å². The molecule has 1 aromatic carbocycles. The van der Waals surface area contributed by atoms with Crippen LogP contribution in [-0.2, 0) is 6.42 Å². The number of ether oxygens (including phenoxy) is 1. The minimum Gasteiger partial charge on any atom is -0.496 e. The number of benzene rings is 1. The molecule has 0 saturated carbocycles. The van der Waals surface area contributed by atoms with Crippen molar-refractivity contribution in [2.75, 3.05) is 20.2 Å². The molecule has 0 amide bonds. The first-order valence-corrected chi connectivity index (χ1v) is 6.55. The summed E-state index contributed by atoms with van der Waals surface area (Å²) in [4.78, 5) is 0. The van der Waals surface area contributed by atoms with Gasteiger partial charge in [0, 0.05) is 0 Å². The minimum absolute atomic E-state index is 0.764. The third-order valence-electron chi connectivity index (χ3n) is 3.80. The Bertz CT molecular complexity index is 381. The second-order valence-electron chi connectivity index (χ2n) is 5.16. The van der Waals surface area contributed by atoms with Crippen LogP contribution < -0.4 is 10.1 Å². The molecule has 0 aromatic heterocycles. The zero-order valence-corrected chi connectivity index (χ0v) is 11.2. The van der Waals surface area contributed by atoms with Crippen molar-refractivity contribution >= 4 is 0 Å². The fraction of sp³-hybridized carbons (Fsp3) is 0.600. The molecule has 2 heteroatoms. The van der Waals surface area contributed by atoms with Crippen molar-refractivity contribution in [3.05, 3.63) is 28.8 Å². The molecule has 1 atom stereocenters. The van der Waals surface area contributed by atoms with E-state index in [0.29, 0.717) is 0 Å². The third kappa shape index (κ3) is 3.01. The highest BCUT2D eigenvalue weighted by Gasteiger charge is 2.16. The van der Waals surface area contributed by atoms with Gasteiger partial charge in [-0.25, -0.2) is 0 Å². The van der Waals surface area contributed by atoms with E-state index in [1.54, 1.807) is 7.11 Å². The molecule has 1 N–H and O–H groups in total. The van der Waals surface area contributed by atoms with Gasteiger partial charge in [0.1, 0.15) is 5.75 Å². The smallest absolute Gasteiger partial charge is 0.122 e. The van der Waals surface area contributed by atoms with E-state index in [1.165, 1.54) is 36.1 Å². The first-order valence-electron chi connectivity index (χ1n) is 6.55. The molecule has 1 unspecified atom stereocenters. The Kier molecular flexibility index (Phi) is 4.06. The monoisotopic (exact) mass is 233 g/mol. The molecule has 17 heavy (non-hydrogen) atoms. The standard InChI is InChI=1S/C15H23NO/c1-11-7-14(15(17-3)8-12(11)2)9-13-5-4-6-16-10-13/h7-8,13,16H,4-6,9-10H2,1-3H3. The van der Waals surface area contributed by atoms with Crippen molar-refractivity contribution in [1.82, 2.24) is 5.32 Å². The van der Waals surface area contributed by atoms with Crippen LogP contribution in [0.3, 0.4) is 0 Å². The molecule has 1 aliphatic heterocycles. The molecule has 1 heterocycles. The molecular formula is C15H23NO. The van der Waals surface area contributed by atoms with Crippen LogP contribution in [0.15, 0.2) is 12.1 Å². The normalized spacial score (nSPS) is 20.3. The number of aryl methyl sites for hydroxylation is 2. The number of piperidine rings is 1. The van der Waals surface area contributed by atoms with Gasteiger partial charge in [-0.05, 0) is 74.9 Å². The highest BCUT2D eigenvalue weighted by molar-refractivity contribution is 5.42. The van der Waals surface area contributed by atoms with Crippen LogP contribution in [0.5, 0.6) is 5.75 Å². The Labute approximate surface area is 104 Å². The van der Waals surface area contributed by atoms with E-state index in [-0.39, 0.29) is 0 Å². The zero-order chi connectivity index (χ0) is 12.3. The van der Waals surface area contributed by atoms with E-state index in [9.17, 15) is 0 Å². The molecule has 0 aliphatic carbocycles. The van der Waals surface area contributed by atoms with Gasteiger partial charge < -0.3 is 10.1 Å². The van der Waals surface area contributed by atoms with E-state index >= 15 is 0 Å². The van der Waals surface area contributed by atoms with E-state index in [2.05, 4.69) is 31.3 Å². The first-order chi connectivity index (χ1) is 8.20. The van der Waals surface area contributed by atoms with Crippen LogP contribution in [0.25, 0.3) is 0 Å². The summed E-state index contributed by atoms with van der Waals surface area (Å²) in [5, 5.41) is 3.48. The lowest BCUT2D eigenvalue weighted by atomic mass is 9.90. The topological polar surface area (TPSA) is 21.3 Å². The van der Waals surface area contributed by atoms with Gasteiger partial charge in [-0.2, -0.15) is 0 Å². The predicted molar refractivity (Wildman–Crippen MR) is 71.8 cm³/mol. The van der Waals surface area contributed by atoms with Crippen molar-refractivity contribution in [2.24, 2.45) is 5.92 Å². The van der Waals surface area contributed by atoms with Gasteiger partial charge in [-0.15, -0.1) is 0 Å². The average Bonchev–Trinajstić information content (AvgIpc) is 2.35. The quantitative estimate of drug-likeness (QED) is 0.867. The first kappa shape index (κ1) is 12.4. The SMILES string of the molecule is COc1cc(C)c(C)cc1CC1CCCNC1. The maximum Gasteiger partial charge on any atom is 0.122 e. The van der Waals surface area contributed by atoms with Gasteiger partial charge in [-0.3, -0.25) is 0 Å². The molecule has 1 aromatic rings. The van der Waals surface area contributed by atoms with Crippen LogP contribution in [0.1, 0.15) is 29.5 Å². The zero-order valence-electron chi connectivity index (χ0n) is 11.2. The fourth-order valence-corrected chi connectivity index (χ4v) is 2.61. The van der Waals surface area contributed by atoms with E-state index < -0.39 is 0 Å². The lowest BCUT2D eigenvalue weighted by molar-refractivity contribution is 0.364. The molecule has 0 radical (unpaired) electrons. The molecule has 2 rings (SSSR count). The fourth-order valence-electron chi connectivity index (χ4n) is 2.61. The number of methoxy groups -OCH3 is 1. The van der Waals surface area contributed by atoms with Gasteiger partial charge in [0.15, 0.2) is 0 Å². The van der Waals surface area contributed by atoms with Crippen LogP contribution in [0, 0.1) is 19.8 Å². The predicted octanol–water partition coefficient (Wildman–Crippen LogP) is 2.85. The summed E-state index contributed by atoms with van der Waals surface area (Å²) in [6, 6.07) is 4.46. The average molecular weight is 233 g/mol. The van der Waals surface area contributed by atoms with Crippen molar-refractivity contribution in [1.29, 1.82) is 0 Å². The highest BCUT2D eigenvalue weighted by Crippen LogP contribution is 2.27. The molecule has 0 spiro atoms. The van der Waals surface area contributed by atoms with Gasteiger partial charge in [0.25, 0.3) is 0 Å². The molecule has 2 nitrogen and oxygen atoms in total. The molecule has 1 fully saturated rings. The van der Waals surface area contributed by atoms with Crippen LogP contribution in [0.2, 0.25) is 0 Å². The van der Waals surface area contributed by atoms with Gasteiger partial charge in [-0.1, -0.05) is 6.07 Å². The number of rotatable bonds is 3. The lowest BCUT2D eigenvalue weighted by Crippen LogP contribution is -2.30. The Morgan fingerprint density at radius 2 is 2.06 bits per heavy atom. The highest BCUT2D eigenvalue weighted by atomic mass is 16.5. The summed E-state index contributed by atoms with van der Waals surface area (Å²) in [6.07, 6.45) is 3.78. The van der Waals surface area contributed by atoms with Gasteiger partial charge in [0.05, 0.1) is 7.11 Å². The Morgan fingerprint density at radius 1 is 1.29 bits per heavy atom. The van der Waals surface area contributed by atoms with Crippen LogP contribution >= 0.6 is 0 Å². The minimum atomic E-state index is 0.764. The maximum absolute atomic E-state index is 5.50. The Balaban J connectivity index is 2.15. The van der Waals surface area contributed by atoms with E-state index in [1.807, 2.05) is 0 Å². The second-order valence-corrected chi connectivity index (χ2v) is 5.16. The van der Waals surface area contributed by atoms with Crippen molar-refractivity contribution in [3.8, 4) is 5.75 Å². The molecule has 0 bridgehead atoms. The van der Waals surface area contributed by atoms with Crippen LogP contribution in [0.4, 0.5) is 0 Å². The molecule has 1 aliphatic rings. The molecular weight excluding hydrogens is 210 g/mol. The number of nitrogens with one attached hydrogen (secondary N) is 1. The van der Waals surface area contributed by atoms with E-state index in [0.717, 1.165) is 24.6 Å². The van der Waals surface area contributed by atoms with E-state index in [4.69, 9.17) is 4.74 Å². The number of hydrogen-bond acceptors (Lipinski definition) is 2. The van der Waals surface area contributed by atoms with Crippen molar-refractivity contribution in [3.63, 3.8) is 0 Å². The van der Waals surface area contributed by atoms with Crippen molar-refractivity contribution in [2.45, 2.75) is 33.1 Å². The Morgan fingerprint density at radius 3 is 2.71 bits per heavy atom. The Hall–Kier alpha value is -1.02. The second kappa shape index (κ2) is 5.54. The lowest BCUT2D eigenvalue weighted by Gasteiger charge is -2.24.